The Morgan fingerprint density at radius 2 is 1.73 bits per heavy atom. The van der Waals surface area contributed by atoms with Crippen molar-refractivity contribution in [3.05, 3.63) is 78.0 Å². The van der Waals surface area contributed by atoms with Crippen LogP contribution in [0.15, 0.2) is 66.9 Å². The van der Waals surface area contributed by atoms with Crippen LogP contribution in [0.5, 0.6) is 0 Å². The number of rotatable bonds is 7. The van der Waals surface area contributed by atoms with Crippen LogP contribution < -0.4 is 11.1 Å². The van der Waals surface area contributed by atoms with E-state index >= 15 is 0 Å². The number of carbonyl (C=O) groups is 2. The van der Waals surface area contributed by atoms with Gasteiger partial charge in [-0.3, -0.25) is 14.8 Å². The molecule has 3 heterocycles. The summed E-state index contributed by atoms with van der Waals surface area (Å²) in [6.45, 7) is 1.83. The molecule has 0 bridgehead atoms. The van der Waals surface area contributed by atoms with Crippen LogP contribution >= 0.6 is 22.7 Å². The maximum atomic E-state index is 12.7. The number of aliphatic carboxylic acids is 1. The molecule has 3 aromatic heterocycles. The number of amides is 1. The molecule has 0 aliphatic carbocycles. The molecule has 5 aromatic rings. The summed E-state index contributed by atoms with van der Waals surface area (Å²) in [5.74, 6) is -0.336. The molecule has 0 unspecified atom stereocenters. The first-order valence-electron chi connectivity index (χ1n) is 11.5. The maximum absolute atomic E-state index is 12.7. The highest BCUT2D eigenvalue weighted by molar-refractivity contribution is 7.31. The molecule has 0 aliphatic rings. The van der Waals surface area contributed by atoms with Gasteiger partial charge in [-0.25, -0.2) is 4.79 Å². The lowest BCUT2D eigenvalue weighted by molar-refractivity contribution is -0.136. The van der Waals surface area contributed by atoms with Crippen molar-refractivity contribution in [1.82, 2.24) is 9.78 Å². The zero-order valence-corrected chi connectivity index (χ0v) is 21.7. The third-order valence-corrected chi connectivity index (χ3v) is 8.28. The van der Waals surface area contributed by atoms with Crippen molar-refractivity contribution in [2.45, 2.75) is 19.4 Å². The second-order valence-electron chi connectivity index (χ2n) is 8.56. The topological polar surface area (TPSA) is 119 Å². The van der Waals surface area contributed by atoms with E-state index in [1.54, 1.807) is 52.7 Å². The zero-order valence-electron chi connectivity index (χ0n) is 20.1. The fraction of sp³-hybridized carbons (Fsp3) is 0.148. The van der Waals surface area contributed by atoms with Gasteiger partial charge in [0.25, 0.3) is 0 Å². The molecule has 2 aromatic carbocycles. The summed E-state index contributed by atoms with van der Waals surface area (Å²) in [6, 6.07) is 19.1. The number of aryl methyl sites for hydroxylation is 1. The highest BCUT2D eigenvalue weighted by Crippen LogP contribution is 2.44. The molecule has 5 rings (SSSR count). The van der Waals surface area contributed by atoms with Crippen molar-refractivity contribution in [2.24, 2.45) is 7.05 Å². The Morgan fingerprint density at radius 1 is 1.05 bits per heavy atom. The van der Waals surface area contributed by atoms with E-state index in [-0.39, 0.29) is 6.42 Å². The van der Waals surface area contributed by atoms with Gasteiger partial charge in [-0.15, -0.1) is 22.7 Å². The van der Waals surface area contributed by atoms with Gasteiger partial charge in [0, 0.05) is 37.5 Å². The number of fused-ring (bicyclic) bond motifs is 1. The van der Waals surface area contributed by atoms with Crippen LogP contribution in [0.1, 0.15) is 24.2 Å². The molecule has 0 aliphatic heterocycles. The fourth-order valence-electron chi connectivity index (χ4n) is 4.07. The summed E-state index contributed by atoms with van der Waals surface area (Å²) in [7, 11) is 1.77. The van der Waals surface area contributed by atoms with E-state index in [1.165, 1.54) is 0 Å². The van der Waals surface area contributed by atoms with E-state index in [0.29, 0.717) is 17.1 Å². The lowest BCUT2D eigenvalue weighted by atomic mass is 10.1. The molecule has 10 heteroatoms. The molecule has 4 N–H and O–H groups in total. The SMILES string of the molecule is C[C@@H](OC(=O)Nc1c(-c2cc3sc(-c4ccc(CC(=O)O)cc4N)cc3s2)cnn1C)c1ccccc1. The van der Waals surface area contributed by atoms with Gasteiger partial charge in [0.05, 0.1) is 18.2 Å². The van der Waals surface area contributed by atoms with E-state index < -0.39 is 18.2 Å². The molecular formula is C27H24N4O4S2. The van der Waals surface area contributed by atoms with Crippen molar-refractivity contribution in [3.63, 3.8) is 0 Å². The van der Waals surface area contributed by atoms with Crippen molar-refractivity contribution >= 4 is 55.6 Å². The maximum Gasteiger partial charge on any atom is 0.413 e. The second kappa shape index (κ2) is 10.1. The average Bonchev–Trinajstić information content (AvgIpc) is 3.53. The molecule has 1 amide bonds. The Labute approximate surface area is 220 Å². The average molecular weight is 533 g/mol. The van der Waals surface area contributed by atoms with Crippen molar-refractivity contribution in [1.29, 1.82) is 0 Å². The van der Waals surface area contributed by atoms with Gasteiger partial charge in [0.2, 0.25) is 0 Å². The van der Waals surface area contributed by atoms with Crippen molar-refractivity contribution < 1.29 is 19.4 Å². The minimum Gasteiger partial charge on any atom is -0.481 e. The first kappa shape index (κ1) is 24.5. The summed E-state index contributed by atoms with van der Waals surface area (Å²) >= 11 is 3.20. The Balaban J connectivity index is 1.36. The number of ether oxygens (including phenoxy) is 1. The Hall–Kier alpha value is -4.15. The van der Waals surface area contributed by atoms with Gasteiger partial charge < -0.3 is 15.6 Å². The summed E-state index contributed by atoms with van der Waals surface area (Å²) in [5, 5.41) is 16.2. The van der Waals surface area contributed by atoms with Crippen LogP contribution in [0.2, 0.25) is 0 Å². The molecule has 188 valence electrons. The predicted molar refractivity (Wildman–Crippen MR) is 148 cm³/mol. The van der Waals surface area contributed by atoms with Gasteiger partial charge >= 0.3 is 12.1 Å². The van der Waals surface area contributed by atoms with Crippen LogP contribution in [0, 0.1) is 0 Å². The highest BCUT2D eigenvalue weighted by Gasteiger charge is 2.20. The van der Waals surface area contributed by atoms with E-state index in [1.807, 2.05) is 43.3 Å². The first-order valence-corrected chi connectivity index (χ1v) is 13.1. The van der Waals surface area contributed by atoms with Crippen molar-refractivity contribution in [3.8, 4) is 20.9 Å². The minimum absolute atomic E-state index is 0.0619. The normalized spacial score (nSPS) is 11.9. The molecule has 0 radical (unpaired) electrons. The third kappa shape index (κ3) is 5.20. The Bertz CT molecular complexity index is 1570. The Kier molecular flexibility index (Phi) is 6.68. The van der Waals surface area contributed by atoms with Gasteiger partial charge in [0.1, 0.15) is 11.9 Å². The smallest absolute Gasteiger partial charge is 0.413 e. The van der Waals surface area contributed by atoms with Crippen LogP contribution in [0.25, 0.3) is 30.3 Å². The standard InChI is InChI=1S/C27H24N4O4S2/c1-15(17-6-4-3-5-7-17)35-27(34)30-26-19(14-29-31(26)2)22-13-24-23(37-22)12-21(36-24)18-9-8-16(10-20(18)28)11-25(32)33/h3-10,12-15H,11,28H2,1-2H3,(H,30,34)(H,32,33)/t15-/m1/s1. The minimum atomic E-state index is -0.889. The molecule has 37 heavy (non-hydrogen) atoms. The molecule has 0 fully saturated rings. The van der Waals surface area contributed by atoms with Crippen LogP contribution in [0.4, 0.5) is 16.3 Å². The molecule has 8 nitrogen and oxygen atoms in total. The Morgan fingerprint density at radius 3 is 2.38 bits per heavy atom. The number of nitrogens with zero attached hydrogens (tertiary/aromatic N) is 2. The van der Waals surface area contributed by atoms with Crippen molar-refractivity contribution in [2.75, 3.05) is 11.1 Å². The molecule has 0 saturated carbocycles. The third-order valence-electron chi connectivity index (χ3n) is 5.92. The first-order chi connectivity index (χ1) is 17.8. The number of carboxylic acids is 1. The number of nitrogens with one attached hydrogen (secondary N) is 1. The number of nitrogens with two attached hydrogens (primary N) is 1. The molecule has 0 spiro atoms. The number of aromatic nitrogens is 2. The number of hydrogen-bond donors (Lipinski definition) is 3. The van der Waals surface area contributed by atoms with E-state index in [9.17, 15) is 9.59 Å². The molecule has 1 atom stereocenters. The number of carbonyl (C=O) groups excluding carboxylic acids is 1. The fourth-order valence-corrected chi connectivity index (χ4v) is 6.52. The van der Waals surface area contributed by atoms with Gasteiger partial charge in [-0.2, -0.15) is 5.10 Å². The lowest BCUT2D eigenvalue weighted by Crippen LogP contribution is -2.18. The number of carboxylic acid groups (broad SMARTS) is 1. The highest BCUT2D eigenvalue weighted by atomic mass is 32.1. The predicted octanol–water partition coefficient (Wildman–Crippen LogP) is 6.55. The number of thiophene rings is 2. The number of nitrogen functional groups attached to an aromatic ring is 1. The largest absolute Gasteiger partial charge is 0.481 e. The summed E-state index contributed by atoms with van der Waals surface area (Å²) < 4.78 is 9.35. The zero-order chi connectivity index (χ0) is 26.1. The molecule has 0 saturated heterocycles. The lowest BCUT2D eigenvalue weighted by Gasteiger charge is -2.14. The van der Waals surface area contributed by atoms with Crippen LogP contribution in [0.3, 0.4) is 0 Å². The molecular weight excluding hydrogens is 508 g/mol. The second-order valence-corrected chi connectivity index (χ2v) is 10.7. The van der Waals surface area contributed by atoms with Gasteiger partial charge in [-0.1, -0.05) is 42.5 Å². The van der Waals surface area contributed by atoms with Crippen LogP contribution in [-0.2, 0) is 23.0 Å². The summed E-state index contributed by atoms with van der Waals surface area (Å²) in [6.07, 6.45) is 0.719. The van der Waals surface area contributed by atoms with E-state index in [2.05, 4.69) is 22.5 Å². The quantitative estimate of drug-likeness (QED) is 0.205. The van der Waals surface area contributed by atoms with E-state index in [4.69, 9.17) is 15.6 Å². The summed E-state index contributed by atoms with van der Waals surface area (Å²) in [5.41, 5.74) is 10.0. The van der Waals surface area contributed by atoms with E-state index in [0.717, 1.165) is 35.8 Å². The number of hydrogen-bond acceptors (Lipinski definition) is 7. The number of anilines is 2. The monoisotopic (exact) mass is 532 g/mol. The number of benzene rings is 2. The van der Waals surface area contributed by atoms with Gasteiger partial charge in [-0.05, 0) is 36.2 Å². The van der Waals surface area contributed by atoms with Gasteiger partial charge in [0.15, 0.2) is 0 Å². The summed E-state index contributed by atoms with van der Waals surface area (Å²) in [4.78, 5) is 25.6. The van der Waals surface area contributed by atoms with Crippen LogP contribution in [-0.4, -0.2) is 26.9 Å².